The van der Waals surface area contributed by atoms with Crippen LogP contribution >= 0.6 is 0 Å². The topological polar surface area (TPSA) is 107 Å². The van der Waals surface area contributed by atoms with Crippen molar-refractivity contribution in [3.63, 3.8) is 0 Å². The van der Waals surface area contributed by atoms with Crippen molar-refractivity contribution in [2.45, 2.75) is 0 Å². The lowest BCUT2D eigenvalue weighted by atomic mass is 10.0. The lowest BCUT2D eigenvalue weighted by Gasteiger charge is -2.09. The van der Waals surface area contributed by atoms with Gasteiger partial charge >= 0.3 is 5.97 Å². The van der Waals surface area contributed by atoms with Gasteiger partial charge in [0.25, 0.3) is 0 Å². The SMILES string of the molecule is COCCOc1ccc2c(-c3c(O)[nH]c4ccc(C(=O)OC)cc34)ncnc2c1. The van der Waals surface area contributed by atoms with Crippen LogP contribution in [0.3, 0.4) is 0 Å². The van der Waals surface area contributed by atoms with Gasteiger partial charge in [0.2, 0.25) is 0 Å². The predicted octanol–water partition coefficient (Wildman–Crippen LogP) is 3.30. The molecule has 0 bridgehead atoms. The van der Waals surface area contributed by atoms with Crippen LogP contribution in [0, 0.1) is 0 Å². The number of ether oxygens (including phenoxy) is 3. The summed E-state index contributed by atoms with van der Waals surface area (Å²) >= 11 is 0. The number of rotatable bonds is 6. The van der Waals surface area contributed by atoms with Gasteiger partial charge in [-0.2, -0.15) is 0 Å². The Kier molecular flexibility index (Phi) is 5.01. The van der Waals surface area contributed by atoms with Gasteiger partial charge in [0.15, 0.2) is 5.88 Å². The summed E-state index contributed by atoms with van der Waals surface area (Å²) in [6.07, 6.45) is 1.43. The van der Waals surface area contributed by atoms with Crippen LogP contribution in [0.5, 0.6) is 11.6 Å². The first-order valence-electron chi connectivity index (χ1n) is 8.92. The molecule has 0 spiro atoms. The number of benzene rings is 2. The van der Waals surface area contributed by atoms with E-state index in [2.05, 4.69) is 15.0 Å². The number of H-pyrrole nitrogens is 1. The van der Waals surface area contributed by atoms with Crippen LogP contribution in [0.4, 0.5) is 0 Å². The number of nitrogens with one attached hydrogen (secondary N) is 1. The molecule has 0 aliphatic heterocycles. The highest BCUT2D eigenvalue weighted by Gasteiger charge is 2.19. The first-order valence-corrected chi connectivity index (χ1v) is 8.92. The molecule has 0 atom stereocenters. The van der Waals surface area contributed by atoms with Gasteiger partial charge in [0.1, 0.15) is 18.7 Å². The van der Waals surface area contributed by atoms with Gasteiger partial charge in [0.05, 0.1) is 36.1 Å². The van der Waals surface area contributed by atoms with Gasteiger partial charge in [-0.1, -0.05) is 0 Å². The fourth-order valence-corrected chi connectivity index (χ4v) is 3.23. The van der Waals surface area contributed by atoms with E-state index in [-0.39, 0.29) is 5.88 Å². The molecule has 0 saturated carbocycles. The normalized spacial score (nSPS) is 11.1. The summed E-state index contributed by atoms with van der Waals surface area (Å²) in [5, 5.41) is 12.0. The Balaban J connectivity index is 1.84. The minimum absolute atomic E-state index is 0.0394. The Labute approximate surface area is 166 Å². The zero-order valence-electron chi connectivity index (χ0n) is 15.9. The Bertz CT molecular complexity index is 1200. The summed E-state index contributed by atoms with van der Waals surface area (Å²) in [5.74, 6) is 0.168. The molecule has 2 heterocycles. The minimum atomic E-state index is -0.455. The van der Waals surface area contributed by atoms with E-state index in [1.165, 1.54) is 13.4 Å². The lowest BCUT2D eigenvalue weighted by Crippen LogP contribution is -2.04. The molecule has 2 aromatic carbocycles. The van der Waals surface area contributed by atoms with Crippen molar-refractivity contribution < 1.29 is 24.1 Å². The molecule has 0 amide bonds. The number of fused-ring (bicyclic) bond motifs is 2. The summed E-state index contributed by atoms with van der Waals surface area (Å²) < 4.78 is 15.4. The largest absolute Gasteiger partial charge is 0.494 e. The molecule has 2 aromatic heterocycles. The van der Waals surface area contributed by atoms with E-state index in [1.807, 2.05) is 18.2 Å². The Morgan fingerprint density at radius 1 is 1.07 bits per heavy atom. The van der Waals surface area contributed by atoms with Crippen LogP contribution in [-0.4, -0.2) is 53.5 Å². The molecule has 0 aliphatic carbocycles. The highest BCUT2D eigenvalue weighted by molar-refractivity contribution is 6.07. The second-order valence-corrected chi connectivity index (χ2v) is 6.34. The summed E-state index contributed by atoms with van der Waals surface area (Å²) in [6, 6.07) is 10.5. The van der Waals surface area contributed by atoms with Gasteiger partial charge in [-0.25, -0.2) is 14.8 Å². The lowest BCUT2D eigenvalue weighted by molar-refractivity contribution is 0.0601. The highest BCUT2D eigenvalue weighted by Crippen LogP contribution is 2.39. The molecule has 0 radical (unpaired) electrons. The maximum atomic E-state index is 11.9. The molecular formula is C21H19N3O5. The van der Waals surface area contributed by atoms with E-state index >= 15 is 0 Å². The number of methoxy groups -OCH3 is 2. The average Bonchev–Trinajstić information content (AvgIpc) is 3.07. The van der Waals surface area contributed by atoms with E-state index < -0.39 is 5.97 Å². The van der Waals surface area contributed by atoms with Crippen LogP contribution in [0.15, 0.2) is 42.7 Å². The third-order valence-corrected chi connectivity index (χ3v) is 4.60. The molecule has 0 fully saturated rings. The number of hydrogen-bond donors (Lipinski definition) is 2. The molecule has 8 heteroatoms. The van der Waals surface area contributed by atoms with Crippen molar-refractivity contribution in [3.8, 4) is 22.9 Å². The molecule has 29 heavy (non-hydrogen) atoms. The highest BCUT2D eigenvalue weighted by atomic mass is 16.5. The van der Waals surface area contributed by atoms with E-state index in [1.54, 1.807) is 25.3 Å². The van der Waals surface area contributed by atoms with E-state index in [9.17, 15) is 9.90 Å². The van der Waals surface area contributed by atoms with Crippen LogP contribution in [0.25, 0.3) is 33.1 Å². The maximum Gasteiger partial charge on any atom is 0.337 e. The summed E-state index contributed by atoms with van der Waals surface area (Å²) in [6.45, 7) is 0.915. The number of nitrogens with zero attached hydrogens (tertiary/aromatic N) is 2. The van der Waals surface area contributed by atoms with Crippen LogP contribution in [0.1, 0.15) is 10.4 Å². The van der Waals surface area contributed by atoms with E-state index in [4.69, 9.17) is 14.2 Å². The fraction of sp³-hybridized carbons (Fsp3) is 0.190. The van der Waals surface area contributed by atoms with E-state index in [0.717, 1.165) is 5.39 Å². The predicted molar refractivity (Wildman–Crippen MR) is 107 cm³/mol. The van der Waals surface area contributed by atoms with Gasteiger partial charge < -0.3 is 24.3 Å². The van der Waals surface area contributed by atoms with Crippen molar-refractivity contribution in [2.75, 3.05) is 27.4 Å². The number of carbonyl (C=O) groups excluding carboxylic acids is 1. The van der Waals surface area contributed by atoms with Crippen molar-refractivity contribution in [1.82, 2.24) is 15.0 Å². The average molecular weight is 393 g/mol. The summed E-state index contributed by atoms with van der Waals surface area (Å²) in [4.78, 5) is 23.6. The molecule has 0 aliphatic rings. The molecule has 2 N–H and O–H groups in total. The first kappa shape index (κ1) is 18.7. The third-order valence-electron chi connectivity index (χ3n) is 4.60. The molecule has 0 saturated heterocycles. The Morgan fingerprint density at radius 3 is 2.72 bits per heavy atom. The molecule has 4 rings (SSSR count). The van der Waals surface area contributed by atoms with Crippen molar-refractivity contribution in [1.29, 1.82) is 0 Å². The van der Waals surface area contributed by atoms with Gasteiger partial charge in [0, 0.05) is 29.5 Å². The summed E-state index contributed by atoms with van der Waals surface area (Å²) in [7, 11) is 2.94. The van der Waals surface area contributed by atoms with Crippen LogP contribution < -0.4 is 4.74 Å². The van der Waals surface area contributed by atoms with Crippen molar-refractivity contribution in [2.24, 2.45) is 0 Å². The zero-order chi connectivity index (χ0) is 20.4. The first-order chi connectivity index (χ1) is 14.1. The standard InChI is InChI=1S/C21H19N3O5/c1-27-7-8-29-13-4-5-14-17(10-13)22-11-23-19(14)18-15-9-12(21(26)28-2)3-6-16(15)24-20(18)25/h3-6,9-11,24-25H,7-8H2,1-2H3. The second kappa shape index (κ2) is 7.76. The second-order valence-electron chi connectivity index (χ2n) is 6.34. The molecular weight excluding hydrogens is 374 g/mol. The molecule has 148 valence electrons. The van der Waals surface area contributed by atoms with Crippen LogP contribution in [0.2, 0.25) is 0 Å². The van der Waals surface area contributed by atoms with Gasteiger partial charge in [-0.3, -0.25) is 0 Å². The monoisotopic (exact) mass is 393 g/mol. The number of aromatic amines is 1. The zero-order valence-corrected chi connectivity index (χ0v) is 15.9. The summed E-state index contributed by atoms with van der Waals surface area (Å²) in [5.41, 5.74) is 2.77. The number of hydrogen-bond acceptors (Lipinski definition) is 7. The maximum absolute atomic E-state index is 11.9. The third kappa shape index (κ3) is 3.45. The Morgan fingerprint density at radius 2 is 1.93 bits per heavy atom. The van der Waals surface area contributed by atoms with Crippen molar-refractivity contribution >= 4 is 27.8 Å². The van der Waals surface area contributed by atoms with Crippen molar-refractivity contribution in [3.05, 3.63) is 48.3 Å². The smallest absolute Gasteiger partial charge is 0.337 e. The van der Waals surface area contributed by atoms with E-state index in [0.29, 0.717) is 52.2 Å². The molecule has 0 unspecified atom stereocenters. The number of aromatic hydroxyl groups is 1. The number of carbonyl (C=O) groups is 1. The van der Waals surface area contributed by atoms with Gasteiger partial charge in [-0.15, -0.1) is 0 Å². The number of aromatic nitrogens is 3. The van der Waals surface area contributed by atoms with Crippen LogP contribution in [-0.2, 0) is 9.47 Å². The number of esters is 1. The molecule has 4 aromatic rings. The quantitative estimate of drug-likeness (QED) is 0.382. The Hall–Kier alpha value is -3.65. The van der Waals surface area contributed by atoms with Gasteiger partial charge in [-0.05, 0) is 30.3 Å². The fourth-order valence-electron chi connectivity index (χ4n) is 3.23. The minimum Gasteiger partial charge on any atom is -0.494 e. The molecule has 8 nitrogen and oxygen atoms in total.